The van der Waals surface area contributed by atoms with Crippen molar-refractivity contribution in [1.29, 1.82) is 0 Å². The van der Waals surface area contributed by atoms with Crippen LogP contribution < -0.4 is 5.32 Å². The smallest absolute Gasteiger partial charge is 0.0931 e. The summed E-state index contributed by atoms with van der Waals surface area (Å²) in [5.41, 5.74) is 0. The van der Waals surface area contributed by atoms with Crippen molar-refractivity contribution in [2.45, 2.75) is 39.0 Å². The van der Waals surface area contributed by atoms with E-state index in [2.05, 4.69) is 25.2 Å². The summed E-state index contributed by atoms with van der Waals surface area (Å²) in [6.07, 6.45) is 4.07. The molecule has 0 aliphatic heterocycles. The van der Waals surface area contributed by atoms with E-state index in [9.17, 15) is 0 Å². The van der Waals surface area contributed by atoms with Crippen LogP contribution in [0.1, 0.15) is 43.9 Å². The van der Waals surface area contributed by atoms with E-state index in [1.165, 1.54) is 30.7 Å². The van der Waals surface area contributed by atoms with Crippen molar-refractivity contribution < 1.29 is 0 Å². The van der Waals surface area contributed by atoms with Crippen molar-refractivity contribution >= 4 is 22.9 Å². The molecule has 17 heavy (non-hydrogen) atoms. The van der Waals surface area contributed by atoms with E-state index in [4.69, 9.17) is 11.6 Å². The van der Waals surface area contributed by atoms with Gasteiger partial charge >= 0.3 is 0 Å². The highest BCUT2D eigenvalue weighted by molar-refractivity contribution is 7.16. The molecule has 1 aromatic heterocycles. The minimum Gasteiger partial charge on any atom is -0.316 e. The van der Waals surface area contributed by atoms with Crippen LogP contribution >= 0.6 is 22.9 Å². The molecule has 1 fully saturated rings. The number of halogens is 1. The van der Waals surface area contributed by atoms with Gasteiger partial charge < -0.3 is 5.32 Å². The third kappa shape index (κ3) is 3.70. The molecule has 1 nitrogen and oxygen atoms in total. The van der Waals surface area contributed by atoms with Crippen molar-refractivity contribution in [3.05, 3.63) is 21.3 Å². The average molecular weight is 272 g/mol. The van der Waals surface area contributed by atoms with Crippen molar-refractivity contribution in [1.82, 2.24) is 5.32 Å². The van der Waals surface area contributed by atoms with E-state index in [0.717, 1.165) is 28.6 Å². The van der Waals surface area contributed by atoms with E-state index in [-0.39, 0.29) is 0 Å². The van der Waals surface area contributed by atoms with Crippen molar-refractivity contribution in [2.75, 3.05) is 13.1 Å². The summed E-state index contributed by atoms with van der Waals surface area (Å²) < 4.78 is 0.931. The summed E-state index contributed by atoms with van der Waals surface area (Å²) in [6.45, 7) is 6.82. The summed E-state index contributed by atoms with van der Waals surface area (Å²) in [5, 5.41) is 3.60. The van der Waals surface area contributed by atoms with Crippen LogP contribution in [-0.4, -0.2) is 13.1 Å². The standard InChI is InChI=1S/C14H22ClNS/c1-10(2)8-16-9-11-4-3-5-12(11)13-6-7-14(15)17-13/h6-7,10-12,16H,3-5,8-9H2,1-2H3. The molecule has 2 atom stereocenters. The molecule has 0 aromatic carbocycles. The lowest BCUT2D eigenvalue weighted by Gasteiger charge is -2.19. The van der Waals surface area contributed by atoms with Gasteiger partial charge in [0.2, 0.25) is 0 Å². The van der Waals surface area contributed by atoms with Crippen molar-refractivity contribution in [3.63, 3.8) is 0 Å². The zero-order chi connectivity index (χ0) is 12.3. The summed E-state index contributed by atoms with van der Waals surface area (Å²) in [7, 11) is 0. The largest absolute Gasteiger partial charge is 0.316 e. The minimum atomic E-state index is 0.742. The maximum absolute atomic E-state index is 6.04. The van der Waals surface area contributed by atoms with Crippen molar-refractivity contribution in [2.24, 2.45) is 11.8 Å². The Balaban J connectivity index is 1.89. The normalized spacial score (nSPS) is 24.7. The lowest BCUT2D eigenvalue weighted by molar-refractivity contribution is 0.428. The van der Waals surface area contributed by atoms with Gasteiger partial charge in [0.15, 0.2) is 0 Å². The van der Waals surface area contributed by atoms with E-state index in [0.29, 0.717) is 0 Å². The predicted octanol–water partition coefficient (Wildman–Crippen LogP) is 4.53. The van der Waals surface area contributed by atoms with E-state index < -0.39 is 0 Å². The van der Waals surface area contributed by atoms with Gasteiger partial charge in [-0.1, -0.05) is 31.9 Å². The Morgan fingerprint density at radius 1 is 1.41 bits per heavy atom. The van der Waals surface area contributed by atoms with Crippen LogP contribution in [0.25, 0.3) is 0 Å². The highest BCUT2D eigenvalue weighted by Crippen LogP contribution is 2.42. The topological polar surface area (TPSA) is 12.0 Å². The highest BCUT2D eigenvalue weighted by Gasteiger charge is 2.29. The Kier molecular flexibility index (Phi) is 4.89. The molecular formula is C14H22ClNS. The van der Waals surface area contributed by atoms with Gasteiger partial charge in [-0.25, -0.2) is 0 Å². The van der Waals surface area contributed by atoms with Crippen LogP contribution in [0.5, 0.6) is 0 Å². The first-order valence-corrected chi connectivity index (χ1v) is 7.82. The van der Waals surface area contributed by atoms with Crippen LogP contribution in [0.4, 0.5) is 0 Å². The summed E-state index contributed by atoms with van der Waals surface area (Å²) in [5.74, 6) is 2.29. The van der Waals surface area contributed by atoms with Crippen LogP contribution in [0.3, 0.4) is 0 Å². The minimum absolute atomic E-state index is 0.742. The Morgan fingerprint density at radius 2 is 2.24 bits per heavy atom. The third-order valence-electron chi connectivity index (χ3n) is 3.58. The van der Waals surface area contributed by atoms with E-state index in [1.54, 1.807) is 11.3 Å². The number of thiophene rings is 1. The molecule has 3 heteroatoms. The lowest BCUT2D eigenvalue weighted by atomic mass is 9.94. The number of hydrogen-bond donors (Lipinski definition) is 1. The van der Waals surface area contributed by atoms with Crippen LogP contribution in [-0.2, 0) is 0 Å². The summed E-state index contributed by atoms with van der Waals surface area (Å²) >= 11 is 7.80. The zero-order valence-corrected chi connectivity index (χ0v) is 12.3. The monoisotopic (exact) mass is 271 g/mol. The molecule has 0 spiro atoms. The second-order valence-corrected chi connectivity index (χ2v) is 7.24. The number of hydrogen-bond acceptors (Lipinski definition) is 2. The molecular weight excluding hydrogens is 250 g/mol. The van der Waals surface area contributed by atoms with Gasteiger partial charge in [-0.15, -0.1) is 11.3 Å². The maximum atomic E-state index is 6.04. The highest BCUT2D eigenvalue weighted by atomic mass is 35.5. The molecule has 1 saturated carbocycles. The van der Waals surface area contributed by atoms with Crippen molar-refractivity contribution in [3.8, 4) is 0 Å². The summed E-state index contributed by atoms with van der Waals surface area (Å²) in [4.78, 5) is 1.49. The van der Waals surface area contributed by atoms with E-state index in [1.807, 2.05) is 6.07 Å². The fraction of sp³-hybridized carbons (Fsp3) is 0.714. The lowest BCUT2D eigenvalue weighted by Crippen LogP contribution is -2.27. The Morgan fingerprint density at radius 3 is 2.88 bits per heavy atom. The fourth-order valence-electron chi connectivity index (χ4n) is 2.74. The molecule has 0 bridgehead atoms. The molecule has 1 N–H and O–H groups in total. The molecule has 2 unspecified atom stereocenters. The van der Waals surface area contributed by atoms with Gasteiger partial charge in [-0.3, -0.25) is 0 Å². The fourth-order valence-corrected chi connectivity index (χ4v) is 4.03. The van der Waals surface area contributed by atoms with Gasteiger partial charge in [-0.05, 0) is 55.8 Å². The molecule has 0 radical (unpaired) electrons. The molecule has 0 saturated heterocycles. The van der Waals surface area contributed by atoms with Crippen LogP contribution in [0, 0.1) is 11.8 Å². The average Bonchev–Trinajstić information content (AvgIpc) is 2.86. The molecule has 0 amide bonds. The predicted molar refractivity (Wildman–Crippen MR) is 77.1 cm³/mol. The number of rotatable bonds is 5. The molecule has 1 aliphatic rings. The second kappa shape index (κ2) is 6.21. The van der Waals surface area contributed by atoms with Gasteiger partial charge in [-0.2, -0.15) is 0 Å². The Hall–Kier alpha value is -0.0500. The Bertz CT molecular complexity index is 348. The molecule has 1 aliphatic carbocycles. The number of nitrogens with one attached hydrogen (secondary N) is 1. The zero-order valence-electron chi connectivity index (χ0n) is 10.7. The molecule has 1 heterocycles. The second-order valence-electron chi connectivity index (χ2n) is 5.49. The molecule has 1 aromatic rings. The Labute approximate surface area is 114 Å². The quantitative estimate of drug-likeness (QED) is 0.830. The van der Waals surface area contributed by atoms with Crippen LogP contribution in [0.2, 0.25) is 4.34 Å². The molecule has 2 rings (SSSR count). The first-order valence-electron chi connectivity index (χ1n) is 6.62. The summed E-state index contributed by atoms with van der Waals surface area (Å²) in [6, 6.07) is 4.26. The van der Waals surface area contributed by atoms with E-state index >= 15 is 0 Å². The molecule has 96 valence electrons. The van der Waals surface area contributed by atoms with Gasteiger partial charge in [0.05, 0.1) is 4.34 Å². The maximum Gasteiger partial charge on any atom is 0.0931 e. The van der Waals surface area contributed by atoms with Gasteiger partial charge in [0.1, 0.15) is 0 Å². The first-order chi connectivity index (χ1) is 8.16. The SMILES string of the molecule is CC(C)CNCC1CCCC1c1ccc(Cl)s1. The third-order valence-corrected chi connectivity index (χ3v) is 4.94. The van der Waals surface area contributed by atoms with Gasteiger partial charge in [0.25, 0.3) is 0 Å². The van der Waals surface area contributed by atoms with Crippen LogP contribution in [0.15, 0.2) is 12.1 Å². The first kappa shape index (κ1) is 13.4. The van der Waals surface area contributed by atoms with Gasteiger partial charge in [0, 0.05) is 4.88 Å².